The van der Waals surface area contributed by atoms with Crippen LogP contribution >= 0.6 is 0 Å². The number of rotatable bonds is 7. The lowest BCUT2D eigenvalue weighted by Crippen LogP contribution is -2.36. The zero-order chi connectivity index (χ0) is 22.6. The number of halogens is 1. The summed E-state index contributed by atoms with van der Waals surface area (Å²) in [6.07, 6.45) is 0. The Kier molecular flexibility index (Phi) is 6.52. The minimum absolute atomic E-state index is 0.310. The Morgan fingerprint density at radius 1 is 1.03 bits per heavy atom. The summed E-state index contributed by atoms with van der Waals surface area (Å²) in [6.45, 7) is 4.73. The van der Waals surface area contributed by atoms with Crippen molar-refractivity contribution >= 4 is 33.0 Å². The maximum absolute atomic E-state index is 13.3. The van der Waals surface area contributed by atoms with E-state index in [1.54, 1.807) is 30.3 Å². The number of ether oxygens (including phenoxy) is 1. The Morgan fingerprint density at radius 3 is 2.47 bits per heavy atom. The van der Waals surface area contributed by atoms with E-state index in [0.29, 0.717) is 36.1 Å². The second-order valence-corrected chi connectivity index (χ2v) is 9.17. The van der Waals surface area contributed by atoms with Gasteiger partial charge in [0.25, 0.3) is 0 Å². The first kappa shape index (κ1) is 22.0. The molecule has 1 aliphatic heterocycles. The minimum atomic E-state index is -3.67. The lowest BCUT2D eigenvalue weighted by atomic mass is 10.2. The molecule has 0 spiro atoms. The number of aryl methyl sites for hydroxylation is 1. The molecule has 1 aliphatic rings. The molecule has 3 aromatic rings. The zero-order valence-corrected chi connectivity index (χ0v) is 18.4. The molecular formula is C22H24FN5O3S. The summed E-state index contributed by atoms with van der Waals surface area (Å²) in [5, 5.41) is 3.23. The number of anilines is 4. The molecule has 4 rings (SSSR count). The molecule has 0 unspecified atom stereocenters. The monoisotopic (exact) mass is 457 g/mol. The van der Waals surface area contributed by atoms with Gasteiger partial charge in [-0.3, -0.25) is 4.72 Å². The van der Waals surface area contributed by atoms with Gasteiger partial charge in [-0.05, 0) is 48.9 Å². The SMILES string of the molecule is Cc1nc(Nc2ccc(NS(=O)(=O)Cc3cccc(F)c3)cc2)cc(N2CCOCC2)n1. The number of morpholine rings is 1. The summed E-state index contributed by atoms with van der Waals surface area (Å²) in [4.78, 5) is 11.1. The number of hydrogen-bond donors (Lipinski definition) is 2. The summed E-state index contributed by atoms with van der Waals surface area (Å²) >= 11 is 0. The van der Waals surface area contributed by atoms with E-state index in [1.165, 1.54) is 18.2 Å². The Hall–Kier alpha value is -3.24. The smallest absolute Gasteiger partial charge is 0.236 e. The van der Waals surface area contributed by atoms with E-state index in [1.807, 2.05) is 13.0 Å². The van der Waals surface area contributed by atoms with Gasteiger partial charge < -0.3 is 15.0 Å². The van der Waals surface area contributed by atoms with E-state index in [9.17, 15) is 12.8 Å². The number of benzene rings is 2. The van der Waals surface area contributed by atoms with Crippen LogP contribution < -0.4 is 14.9 Å². The highest BCUT2D eigenvalue weighted by molar-refractivity contribution is 7.91. The summed E-state index contributed by atoms with van der Waals surface area (Å²) < 4.78 is 46.0. The van der Waals surface area contributed by atoms with Crippen LogP contribution in [-0.2, 0) is 20.5 Å². The van der Waals surface area contributed by atoms with Crippen molar-refractivity contribution in [3.63, 3.8) is 0 Å². The fourth-order valence-electron chi connectivity index (χ4n) is 3.40. The molecule has 0 atom stereocenters. The Bertz CT molecular complexity index is 1180. The van der Waals surface area contributed by atoms with Crippen molar-refractivity contribution in [1.82, 2.24) is 9.97 Å². The fourth-order valence-corrected chi connectivity index (χ4v) is 4.59. The van der Waals surface area contributed by atoms with Gasteiger partial charge in [0.2, 0.25) is 10.0 Å². The van der Waals surface area contributed by atoms with E-state index in [2.05, 4.69) is 24.9 Å². The zero-order valence-electron chi connectivity index (χ0n) is 17.6. The molecule has 32 heavy (non-hydrogen) atoms. The van der Waals surface area contributed by atoms with E-state index in [4.69, 9.17) is 4.74 Å². The highest BCUT2D eigenvalue weighted by atomic mass is 32.2. The van der Waals surface area contributed by atoms with Gasteiger partial charge >= 0.3 is 0 Å². The van der Waals surface area contributed by atoms with Crippen LogP contribution in [-0.4, -0.2) is 44.7 Å². The number of sulfonamides is 1. The first-order chi connectivity index (χ1) is 15.4. The molecule has 2 aromatic carbocycles. The molecule has 0 saturated carbocycles. The van der Waals surface area contributed by atoms with Gasteiger partial charge in [0, 0.05) is 30.5 Å². The number of nitrogens with one attached hydrogen (secondary N) is 2. The van der Waals surface area contributed by atoms with Crippen LogP contribution in [0.1, 0.15) is 11.4 Å². The summed E-state index contributed by atoms with van der Waals surface area (Å²) in [5.41, 5.74) is 1.55. The molecule has 0 bridgehead atoms. The first-order valence-electron chi connectivity index (χ1n) is 10.2. The van der Waals surface area contributed by atoms with Crippen molar-refractivity contribution in [2.24, 2.45) is 0 Å². The predicted molar refractivity (Wildman–Crippen MR) is 122 cm³/mol. The third-order valence-electron chi connectivity index (χ3n) is 4.84. The van der Waals surface area contributed by atoms with Crippen molar-refractivity contribution in [3.05, 3.63) is 71.8 Å². The molecule has 2 N–H and O–H groups in total. The van der Waals surface area contributed by atoms with Gasteiger partial charge in [-0.1, -0.05) is 12.1 Å². The van der Waals surface area contributed by atoms with E-state index in [-0.39, 0.29) is 5.75 Å². The molecule has 2 heterocycles. The van der Waals surface area contributed by atoms with Crippen LogP contribution in [0.4, 0.5) is 27.4 Å². The average molecular weight is 458 g/mol. The van der Waals surface area contributed by atoms with Gasteiger partial charge in [0.15, 0.2) is 0 Å². The second kappa shape index (κ2) is 9.49. The van der Waals surface area contributed by atoms with Crippen molar-refractivity contribution in [2.45, 2.75) is 12.7 Å². The number of nitrogens with zero attached hydrogens (tertiary/aromatic N) is 3. The van der Waals surface area contributed by atoms with Gasteiger partial charge in [-0.25, -0.2) is 22.8 Å². The second-order valence-electron chi connectivity index (χ2n) is 7.45. The van der Waals surface area contributed by atoms with Gasteiger partial charge in [-0.15, -0.1) is 0 Å². The highest BCUT2D eigenvalue weighted by Gasteiger charge is 2.15. The van der Waals surface area contributed by atoms with Crippen molar-refractivity contribution in [3.8, 4) is 0 Å². The lowest BCUT2D eigenvalue weighted by molar-refractivity contribution is 0.122. The molecule has 8 nitrogen and oxygen atoms in total. The van der Waals surface area contributed by atoms with Crippen LogP contribution in [0.5, 0.6) is 0 Å². The largest absolute Gasteiger partial charge is 0.378 e. The molecule has 0 aliphatic carbocycles. The van der Waals surface area contributed by atoms with Crippen LogP contribution in [0, 0.1) is 12.7 Å². The van der Waals surface area contributed by atoms with Crippen LogP contribution in [0.2, 0.25) is 0 Å². The molecule has 10 heteroatoms. The lowest BCUT2D eigenvalue weighted by Gasteiger charge is -2.28. The van der Waals surface area contributed by atoms with E-state index in [0.717, 1.165) is 24.6 Å². The van der Waals surface area contributed by atoms with Crippen LogP contribution in [0.25, 0.3) is 0 Å². The highest BCUT2D eigenvalue weighted by Crippen LogP contribution is 2.22. The molecular weight excluding hydrogens is 433 g/mol. The molecule has 168 valence electrons. The van der Waals surface area contributed by atoms with Crippen molar-refractivity contribution in [2.75, 3.05) is 41.2 Å². The Balaban J connectivity index is 1.42. The molecule has 0 amide bonds. The minimum Gasteiger partial charge on any atom is -0.378 e. The van der Waals surface area contributed by atoms with Gasteiger partial charge in [0.05, 0.1) is 19.0 Å². The Morgan fingerprint density at radius 2 is 1.75 bits per heavy atom. The third-order valence-corrected chi connectivity index (χ3v) is 6.10. The van der Waals surface area contributed by atoms with Crippen molar-refractivity contribution < 1.29 is 17.5 Å². The summed E-state index contributed by atoms with van der Waals surface area (Å²) in [6, 6.07) is 14.3. The Labute approximate surface area is 186 Å². The first-order valence-corrected chi connectivity index (χ1v) is 11.8. The third kappa shape index (κ3) is 5.92. The maximum Gasteiger partial charge on any atom is 0.236 e. The topological polar surface area (TPSA) is 96.5 Å². The molecule has 1 aromatic heterocycles. The van der Waals surface area contributed by atoms with Crippen LogP contribution in [0.3, 0.4) is 0 Å². The summed E-state index contributed by atoms with van der Waals surface area (Å²) in [5.74, 6) is 1.36. The molecule has 1 saturated heterocycles. The predicted octanol–water partition coefficient (Wildman–Crippen LogP) is 3.45. The quantitative estimate of drug-likeness (QED) is 0.561. The fraction of sp³-hybridized carbons (Fsp3) is 0.273. The average Bonchev–Trinajstić information content (AvgIpc) is 2.75. The molecule has 1 fully saturated rings. The standard InChI is InChI=1S/C22H24FN5O3S/c1-16-24-21(14-22(25-16)28-9-11-31-12-10-28)26-19-5-7-20(8-6-19)27-32(29,30)15-17-3-2-4-18(23)13-17/h2-8,13-14,27H,9-12,15H2,1H3,(H,24,25,26). The number of hydrogen-bond acceptors (Lipinski definition) is 7. The van der Waals surface area contributed by atoms with Gasteiger partial charge in [0.1, 0.15) is 23.3 Å². The van der Waals surface area contributed by atoms with Crippen LogP contribution in [0.15, 0.2) is 54.6 Å². The normalized spacial score (nSPS) is 14.2. The number of aromatic nitrogens is 2. The van der Waals surface area contributed by atoms with Crippen molar-refractivity contribution in [1.29, 1.82) is 0 Å². The van der Waals surface area contributed by atoms with Gasteiger partial charge in [-0.2, -0.15) is 0 Å². The maximum atomic E-state index is 13.3. The van der Waals surface area contributed by atoms with E-state index >= 15 is 0 Å². The summed E-state index contributed by atoms with van der Waals surface area (Å²) in [7, 11) is -3.67. The molecule has 0 radical (unpaired) electrons. The van der Waals surface area contributed by atoms with E-state index < -0.39 is 15.8 Å².